The number of rotatable bonds is 10. The van der Waals surface area contributed by atoms with Crippen LogP contribution >= 0.6 is 31.9 Å². The Kier molecular flexibility index (Phi) is 18.5. The maximum atomic E-state index is 10.3. The minimum atomic E-state index is -1.76. The first kappa shape index (κ1) is 80.0. The van der Waals surface area contributed by atoms with Gasteiger partial charge in [-0.05, 0) is 303 Å². The molecule has 0 atom stereocenters. The van der Waals surface area contributed by atoms with Crippen LogP contribution in [0.3, 0.4) is 0 Å². The van der Waals surface area contributed by atoms with Crippen molar-refractivity contribution in [3.8, 4) is 178 Å². The number of hydrogen-bond acceptors (Lipinski definition) is 4. The van der Waals surface area contributed by atoms with Gasteiger partial charge in [0.2, 0.25) is 0 Å². The van der Waals surface area contributed by atoms with Crippen LogP contribution < -0.4 is 10.9 Å². The molecule has 0 amide bonds. The summed E-state index contributed by atoms with van der Waals surface area (Å²) in [5.74, 6) is 0. The molecule has 0 aliphatic heterocycles. The highest BCUT2D eigenvalue weighted by molar-refractivity contribution is 9.11. The molecule has 0 aromatic heterocycles. The summed E-state index contributed by atoms with van der Waals surface area (Å²) in [5, 5.41) is 65.5. The molecule has 0 heterocycles. The fourth-order valence-corrected chi connectivity index (χ4v) is 25.4. The average Bonchev–Trinajstić information content (AvgIpc) is 1.50. The summed E-state index contributed by atoms with van der Waals surface area (Å²) >= 11 is 7.66. The summed E-state index contributed by atoms with van der Waals surface area (Å²) in [6.07, 6.45) is 0. The van der Waals surface area contributed by atoms with Gasteiger partial charge in [-0.1, -0.05) is 457 Å². The van der Waals surface area contributed by atoms with E-state index in [-0.39, 0.29) is 10.9 Å². The molecule has 0 unspecified atom stereocenters. The smallest absolute Gasteiger partial charge is 0.423 e. The van der Waals surface area contributed by atoms with Crippen molar-refractivity contribution >= 4 is 165 Å². The van der Waals surface area contributed by atoms with Crippen LogP contribution in [-0.2, 0) is 0 Å². The van der Waals surface area contributed by atoms with E-state index in [9.17, 15) is 20.1 Å². The van der Waals surface area contributed by atoms with Gasteiger partial charge in [0.1, 0.15) is 0 Å². The molecule has 0 bridgehead atoms. The first-order valence-electron chi connectivity index (χ1n) is 46.4. The van der Waals surface area contributed by atoms with Crippen molar-refractivity contribution in [2.24, 2.45) is 0 Å². The molecule has 4 aliphatic rings. The van der Waals surface area contributed by atoms with Gasteiger partial charge in [-0.2, -0.15) is 0 Å². The zero-order chi connectivity index (χ0) is 90.4. The van der Waals surface area contributed by atoms with Crippen LogP contribution in [0, 0.1) is 0 Å². The van der Waals surface area contributed by atoms with E-state index in [0.717, 1.165) is 69.6 Å². The van der Waals surface area contributed by atoms with Crippen molar-refractivity contribution in [3.63, 3.8) is 0 Å². The molecule has 0 radical (unpaired) electrons. The van der Waals surface area contributed by atoms with Crippen LogP contribution in [0.25, 0.3) is 286 Å². The van der Waals surface area contributed by atoms with Crippen LogP contribution in [-0.4, -0.2) is 34.3 Å². The topological polar surface area (TPSA) is 80.9 Å². The molecular formula is C128H76B2Br2O4. The lowest BCUT2D eigenvalue weighted by atomic mass is 9.68. The van der Waals surface area contributed by atoms with Crippen molar-refractivity contribution < 1.29 is 20.1 Å². The van der Waals surface area contributed by atoms with Gasteiger partial charge in [0.25, 0.3) is 0 Å². The molecule has 4 nitrogen and oxygen atoms in total. The summed E-state index contributed by atoms with van der Waals surface area (Å²) in [7, 11) is -3.52. The van der Waals surface area contributed by atoms with Gasteiger partial charge in [0.05, 0.1) is 0 Å². The van der Waals surface area contributed by atoms with Crippen LogP contribution in [0.5, 0.6) is 0 Å². The zero-order valence-corrected chi connectivity index (χ0v) is 76.4. The lowest BCUT2D eigenvalue weighted by Crippen LogP contribution is -2.38. The SMILES string of the molecule is Brc1ccc2c3c(ccc(Br)c13)-c1c-2c(-c2ccccc2)c2ccccc2c1-c1ccccc1.OB(O)c1ccc2c3c(ccc(B(O)O)c13)-c1c-2c(-c2ccccc2)c2ccccc2c1-c1ccccc1.c1ccc(-c2c3c(c(-c4ccccc4)c4ccccc24)-c2ccc4c5ccc6c7c(ccc(c8ccc-3c2c84)c75)-c2c-6c(-c3ccccc3)c3ccccc3c2-c2ccccc2)cc1. The van der Waals surface area contributed by atoms with Gasteiger partial charge in [-0.3, -0.25) is 0 Å². The fraction of sp³-hybridized carbons (Fsp3) is 0. The Morgan fingerprint density at radius 2 is 0.279 bits per heavy atom. The molecule has 25 aromatic carbocycles. The molecule has 0 saturated heterocycles. The largest absolute Gasteiger partial charge is 0.489 e. The molecular weight excluding hydrogens is 1780 g/mol. The van der Waals surface area contributed by atoms with Crippen molar-refractivity contribution in [1.29, 1.82) is 0 Å². The third-order valence-electron chi connectivity index (χ3n) is 29.3. The van der Waals surface area contributed by atoms with Gasteiger partial charge < -0.3 is 20.1 Å². The molecule has 29 rings (SSSR count). The second-order valence-corrected chi connectivity index (χ2v) is 37.8. The maximum Gasteiger partial charge on any atom is 0.489 e. The third-order valence-corrected chi connectivity index (χ3v) is 30.6. The van der Waals surface area contributed by atoms with Crippen molar-refractivity contribution in [3.05, 3.63) is 446 Å². The fourth-order valence-electron chi connectivity index (χ4n) is 24.1. The summed E-state index contributed by atoms with van der Waals surface area (Å²) in [6, 6.07) is 158. The number of fused-ring (bicyclic) bond motifs is 18. The quantitative estimate of drug-likeness (QED) is 0.0625. The summed E-state index contributed by atoms with van der Waals surface area (Å²) in [5.41, 5.74) is 40.0. The highest BCUT2D eigenvalue weighted by Gasteiger charge is 2.40. The van der Waals surface area contributed by atoms with E-state index in [0.29, 0.717) is 5.39 Å². The number of benzene rings is 25. The van der Waals surface area contributed by atoms with Crippen molar-refractivity contribution in [2.45, 2.75) is 0 Å². The zero-order valence-electron chi connectivity index (χ0n) is 73.3. The Labute approximate surface area is 802 Å². The van der Waals surface area contributed by atoms with Crippen LogP contribution in [0.4, 0.5) is 0 Å². The molecule has 0 saturated carbocycles. The number of hydrogen-bond donors (Lipinski definition) is 4. The Morgan fingerprint density at radius 1 is 0.125 bits per heavy atom. The van der Waals surface area contributed by atoms with E-state index >= 15 is 0 Å². The lowest BCUT2D eigenvalue weighted by molar-refractivity contribution is 0.426. The second-order valence-electron chi connectivity index (χ2n) is 36.1. The van der Waals surface area contributed by atoms with E-state index in [4.69, 9.17) is 0 Å². The van der Waals surface area contributed by atoms with E-state index in [1.54, 1.807) is 12.1 Å². The lowest BCUT2D eigenvalue weighted by Gasteiger charge is -2.20. The molecule has 136 heavy (non-hydrogen) atoms. The van der Waals surface area contributed by atoms with Crippen LogP contribution in [0.1, 0.15) is 0 Å². The number of halogens is 2. The molecule has 8 heteroatoms. The van der Waals surface area contributed by atoms with Crippen LogP contribution in [0.2, 0.25) is 0 Å². The van der Waals surface area contributed by atoms with Gasteiger partial charge >= 0.3 is 14.2 Å². The van der Waals surface area contributed by atoms with E-state index in [1.165, 1.54) is 220 Å². The average molecular weight is 1860 g/mol. The van der Waals surface area contributed by atoms with E-state index in [2.05, 4.69) is 408 Å². The minimum absolute atomic E-state index is 0.244. The van der Waals surface area contributed by atoms with Gasteiger partial charge in [0, 0.05) is 14.3 Å². The molecule has 4 N–H and O–H groups in total. The minimum Gasteiger partial charge on any atom is -0.423 e. The first-order valence-corrected chi connectivity index (χ1v) is 48.0. The standard InChI is InChI=1S/C64H36.C32H22B2O4.C32H18Br2/c1-5-17-37(18-6-1)53-41-25-13-14-26-42(41)54(38-19-7-2-8-20-38)62-50-34-30-46-48-32-36-52-60-51(35-31-47(58(48)60)45-29-33-49(61(53)62)59(50)57(45)46)63-55(39-21-9-3-10-22-39)43-27-15-16-28-44(43)56(64(52)63)40-23-11-4-12-24-40;35-33(36)25-17-15-23-29-24(16-18-26(32(25)29)34(37)38)31-28(20-11-5-2-6-12-20)22-14-8-7-13-21(22)27(30(23)31)19-9-3-1-4-10-19;33-25-17-15-23-29-24(16-18-26(34)32(25)29)31-28(20-11-5-2-6-12-20)22-14-8-7-13-21(22)27(30(23)31)19-9-3-1-4-10-19/h1-36H;1-18,35-38H;1-18H. The Morgan fingerprint density at radius 3 is 0.463 bits per heavy atom. The second kappa shape index (κ2) is 31.5. The van der Waals surface area contributed by atoms with Crippen molar-refractivity contribution in [1.82, 2.24) is 0 Å². The normalized spacial score (nSPS) is 12.0. The molecule has 0 spiro atoms. The summed E-state index contributed by atoms with van der Waals surface area (Å²) < 4.78 is 2.22. The third kappa shape index (κ3) is 11.7. The molecule has 4 aliphatic carbocycles. The molecule has 632 valence electrons. The maximum absolute atomic E-state index is 10.3. The molecule has 0 fully saturated rings. The van der Waals surface area contributed by atoms with Gasteiger partial charge in [-0.15, -0.1) is 0 Å². The Balaban J connectivity index is 0.000000111. The first-order chi connectivity index (χ1) is 67.1. The van der Waals surface area contributed by atoms with E-state index < -0.39 is 14.2 Å². The van der Waals surface area contributed by atoms with Crippen molar-refractivity contribution in [2.75, 3.05) is 0 Å². The van der Waals surface area contributed by atoms with Crippen LogP contribution in [0.15, 0.2) is 446 Å². The summed E-state index contributed by atoms with van der Waals surface area (Å²) in [6.45, 7) is 0. The van der Waals surface area contributed by atoms with Gasteiger partial charge in [-0.25, -0.2) is 0 Å². The van der Waals surface area contributed by atoms with Gasteiger partial charge in [0.15, 0.2) is 0 Å². The predicted octanol–water partition coefficient (Wildman–Crippen LogP) is 32.8. The highest BCUT2D eigenvalue weighted by atomic mass is 79.9. The highest BCUT2D eigenvalue weighted by Crippen LogP contribution is 2.66. The predicted molar refractivity (Wildman–Crippen MR) is 582 cm³/mol. The summed E-state index contributed by atoms with van der Waals surface area (Å²) in [4.78, 5) is 0. The monoisotopic (exact) mass is 1860 g/mol. The van der Waals surface area contributed by atoms with E-state index in [1.807, 2.05) is 48.5 Å². The molecule has 25 aromatic rings. The Hall–Kier alpha value is -15.7. The Bertz CT molecular complexity index is 8600.